The Labute approximate surface area is 151 Å². The van der Waals surface area contributed by atoms with E-state index >= 15 is 0 Å². The minimum atomic E-state index is -0.227. The molecule has 0 radical (unpaired) electrons. The minimum Gasteiger partial charge on any atom is -0.496 e. The maximum atomic E-state index is 13.0. The van der Waals surface area contributed by atoms with Crippen LogP contribution < -0.4 is 4.74 Å². The lowest BCUT2D eigenvalue weighted by Gasteiger charge is -2.35. The van der Waals surface area contributed by atoms with Crippen molar-refractivity contribution >= 4 is 17.5 Å². The van der Waals surface area contributed by atoms with Gasteiger partial charge in [-0.15, -0.1) is 0 Å². The summed E-state index contributed by atoms with van der Waals surface area (Å²) in [5, 5.41) is 0.513. The molecule has 0 bridgehead atoms. The molecule has 25 heavy (non-hydrogen) atoms. The van der Waals surface area contributed by atoms with Gasteiger partial charge in [0.1, 0.15) is 11.6 Å². The molecule has 3 rings (SSSR count). The fraction of sp³-hybridized carbons (Fsp3) is 0.316. The van der Waals surface area contributed by atoms with Crippen molar-refractivity contribution in [3.63, 3.8) is 0 Å². The number of benzene rings is 2. The Hall–Kier alpha value is -2.11. The fourth-order valence-corrected chi connectivity index (χ4v) is 3.15. The Morgan fingerprint density at radius 1 is 1.12 bits per heavy atom. The minimum absolute atomic E-state index is 0.0687. The van der Waals surface area contributed by atoms with Crippen molar-refractivity contribution in [1.82, 2.24) is 9.80 Å². The molecule has 0 spiro atoms. The highest BCUT2D eigenvalue weighted by atomic mass is 35.5. The van der Waals surface area contributed by atoms with Crippen LogP contribution in [0.15, 0.2) is 42.5 Å². The van der Waals surface area contributed by atoms with Gasteiger partial charge in [0, 0.05) is 37.7 Å². The van der Waals surface area contributed by atoms with Gasteiger partial charge in [0.05, 0.1) is 12.7 Å². The van der Waals surface area contributed by atoms with Crippen molar-refractivity contribution in [2.45, 2.75) is 6.54 Å². The van der Waals surface area contributed by atoms with Gasteiger partial charge in [0.15, 0.2) is 0 Å². The number of carbonyl (C=O) groups excluding carboxylic acids is 1. The lowest BCUT2D eigenvalue weighted by atomic mass is 10.1. The van der Waals surface area contributed by atoms with Gasteiger partial charge in [0.2, 0.25) is 0 Å². The topological polar surface area (TPSA) is 32.8 Å². The van der Waals surface area contributed by atoms with Crippen molar-refractivity contribution in [2.75, 3.05) is 33.3 Å². The fourth-order valence-electron chi connectivity index (χ4n) is 2.97. The van der Waals surface area contributed by atoms with Crippen LogP contribution in [0.2, 0.25) is 5.02 Å². The zero-order valence-electron chi connectivity index (χ0n) is 14.0. The third-order valence-corrected chi connectivity index (χ3v) is 4.61. The maximum Gasteiger partial charge on any atom is 0.257 e. The molecule has 0 N–H and O–H groups in total. The first kappa shape index (κ1) is 17.7. The number of halogens is 2. The molecule has 0 aliphatic carbocycles. The SMILES string of the molecule is COc1ccc(Cl)cc1C(=O)N1CCN(Cc2ccc(F)cc2)CC1. The van der Waals surface area contributed by atoms with Crippen molar-refractivity contribution in [1.29, 1.82) is 0 Å². The molecule has 0 unspecified atom stereocenters. The summed E-state index contributed by atoms with van der Waals surface area (Å²) < 4.78 is 18.3. The molecule has 2 aromatic rings. The summed E-state index contributed by atoms with van der Waals surface area (Å²) in [6, 6.07) is 11.6. The normalized spacial score (nSPS) is 15.2. The van der Waals surface area contributed by atoms with E-state index in [-0.39, 0.29) is 11.7 Å². The second-order valence-electron chi connectivity index (χ2n) is 6.04. The van der Waals surface area contributed by atoms with Crippen molar-refractivity contribution in [2.24, 2.45) is 0 Å². The quantitative estimate of drug-likeness (QED) is 0.835. The summed E-state index contributed by atoms with van der Waals surface area (Å²) in [6.45, 7) is 3.56. The van der Waals surface area contributed by atoms with Gasteiger partial charge in [-0.3, -0.25) is 9.69 Å². The molecule has 4 nitrogen and oxygen atoms in total. The number of rotatable bonds is 4. The zero-order valence-corrected chi connectivity index (χ0v) is 14.8. The number of carbonyl (C=O) groups is 1. The van der Waals surface area contributed by atoms with Crippen LogP contribution in [0.5, 0.6) is 5.75 Å². The van der Waals surface area contributed by atoms with Gasteiger partial charge in [-0.05, 0) is 35.9 Å². The molecule has 0 aromatic heterocycles. The van der Waals surface area contributed by atoms with Crippen LogP contribution in [0.3, 0.4) is 0 Å². The zero-order chi connectivity index (χ0) is 17.8. The number of piperazine rings is 1. The summed E-state index contributed by atoms with van der Waals surface area (Å²) in [6.07, 6.45) is 0. The highest BCUT2D eigenvalue weighted by molar-refractivity contribution is 6.31. The molecule has 1 aliphatic rings. The number of hydrogen-bond donors (Lipinski definition) is 0. The first-order valence-electron chi connectivity index (χ1n) is 8.16. The van der Waals surface area contributed by atoms with Crippen LogP contribution in [-0.4, -0.2) is 49.0 Å². The third-order valence-electron chi connectivity index (χ3n) is 4.37. The van der Waals surface area contributed by atoms with Gasteiger partial charge >= 0.3 is 0 Å². The number of nitrogens with zero attached hydrogens (tertiary/aromatic N) is 2. The predicted molar refractivity (Wildman–Crippen MR) is 95.6 cm³/mol. The summed E-state index contributed by atoms with van der Waals surface area (Å²) in [7, 11) is 1.54. The second kappa shape index (κ2) is 7.85. The number of amides is 1. The van der Waals surface area contributed by atoms with Gasteiger partial charge in [-0.1, -0.05) is 23.7 Å². The van der Waals surface area contributed by atoms with Crippen LogP contribution in [0.1, 0.15) is 15.9 Å². The predicted octanol–water partition coefficient (Wildman–Crippen LogP) is 3.45. The van der Waals surface area contributed by atoms with E-state index in [4.69, 9.17) is 16.3 Å². The summed E-state index contributed by atoms with van der Waals surface area (Å²) in [5.74, 6) is 0.235. The Morgan fingerprint density at radius 2 is 1.80 bits per heavy atom. The highest BCUT2D eigenvalue weighted by Crippen LogP contribution is 2.24. The average molecular weight is 363 g/mol. The summed E-state index contributed by atoms with van der Waals surface area (Å²) >= 11 is 6.02. The largest absolute Gasteiger partial charge is 0.496 e. The maximum absolute atomic E-state index is 13.0. The highest BCUT2D eigenvalue weighted by Gasteiger charge is 2.24. The van der Waals surface area contributed by atoms with Crippen molar-refractivity contribution in [3.8, 4) is 5.75 Å². The Bertz CT molecular complexity index is 744. The lowest BCUT2D eigenvalue weighted by molar-refractivity contribution is 0.0625. The molecule has 1 fully saturated rings. The molecule has 6 heteroatoms. The standard InChI is InChI=1S/C19H20ClFN2O2/c1-25-18-7-4-15(20)12-17(18)19(24)23-10-8-22(9-11-23)13-14-2-5-16(21)6-3-14/h2-7,12H,8-11,13H2,1H3. The first-order chi connectivity index (χ1) is 12.1. The van der Waals surface area contributed by atoms with E-state index in [2.05, 4.69) is 4.90 Å². The Morgan fingerprint density at radius 3 is 2.44 bits per heavy atom. The molecule has 2 aromatic carbocycles. The molecule has 0 saturated carbocycles. The summed E-state index contributed by atoms with van der Waals surface area (Å²) in [5.41, 5.74) is 1.56. The van der Waals surface area contributed by atoms with Gasteiger partial charge in [-0.25, -0.2) is 4.39 Å². The van der Waals surface area contributed by atoms with E-state index in [0.717, 1.165) is 25.2 Å². The Kier molecular flexibility index (Phi) is 5.56. The molecule has 1 amide bonds. The number of ether oxygens (including phenoxy) is 1. The van der Waals surface area contributed by atoms with Crippen molar-refractivity contribution in [3.05, 3.63) is 64.4 Å². The molecule has 0 atom stereocenters. The van der Waals surface area contributed by atoms with Gasteiger partial charge < -0.3 is 9.64 Å². The van der Waals surface area contributed by atoms with E-state index in [9.17, 15) is 9.18 Å². The van der Waals surface area contributed by atoms with Crippen LogP contribution in [0.4, 0.5) is 4.39 Å². The van der Waals surface area contributed by atoms with Crippen LogP contribution in [0, 0.1) is 5.82 Å². The van der Waals surface area contributed by atoms with Gasteiger partial charge in [0.25, 0.3) is 5.91 Å². The van der Waals surface area contributed by atoms with Gasteiger partial charge in [-0.2, -0.15) is 0 Å². The Balaban J connectivity index is 1.61. The molecule has 1 heterocycles. The smallest absolute Gasteiger partial charge is 0.257 e. The van der Waals surface area contributed by atoms with E-state index in [1.54, 1.807) is 37.4 Å². The lowest BCUT2D eigenvalue weighted by Crippen LogP contribution is -2.48. The molecular formula is C19H20ClFN2O2. The van der Waals surface area contributed by atoms with Crippen molar-refractivity contribution < 1.29 is 13.9 Å². The number of methoxy groups -OCH3 is 1. The first-order valence-corrected chi connectivity index (χ1v) is 8.54. The van der Waals surface area contributed by atoms with E-state index < -0.39 is 0 Å². The molecule has 132 valence electrons. The average Bonchev–Trinajstić information content (AvgIpc) is 2.63. The van der Waals surface area contributed by atoms with E-state index in [1.807, 2.05) is 4.90 Å². The molecule has 1 saturated heterocycles. The molecule has 1 aliphatic heterocycles. The third kappa shape index (κ3) is 4.30. The van der Waals surface area contributed by atoms with Crippen LogP contribution in [0.25, 0.3) is 0 Å². The molecular weight excluding hydrogens is 343 g/mol. The van der Waals surface area contributed by atoms with Crippen LogP contribution >= 0.6 is 11.6 Å². The summed E-state index contributed by atoms with van der Waals surface area (Å²) in [4.78, 5) is 16.8. The number of hydrogen-bond acceptors (Lipinski definition) is 3. The second-order valence-corrected chi connectivity index (χ2v) is 6.48. The van der Waals surface area contributed by atoms with E-state index in [0.29, 0.717) is 29.4 Å². The van der Waals surface area contributed by atoms with E-state index in [1.165, 1.54) is 12.1 Å². The monoisotopic (exact) mass is 362 g/mol. The van der Waals surface area contributed by atoms with Crippen LogP contribution in [-0.2, 0) is 6.54 Å².